The third-order valence-electron chi connectivity index (χ3n) is 4.84. The Balaban J connectivity index is 1.74. The van der Waals surface area contributed by atoms with Crippen LogP contribution in [0.4, 0.5) is 8.78 Å². The molecule has 0 N–H and O–H groups in total. The third kappa shape index (κ3) is 2.56. The minimum atomic E-state index is -0.777. The lowest BCUT2D eigenvalue weighted by Gasteiger charge is -2.39. The van der Waals surface area contributed by atoms with E-state index in [1.165, 1.54) is 12.1 Å². The standard InChI is InChI=1S/C16H18F2O/c17-15-6-4-13(9-16(15)18)10-1-2-12-8-14(19)5-3-11(12)7-10/h4,6,9-12H,1-3,5,7-8H2. The summed E-state index contributed by atoms with van der Waals surface area (Å²) in [5, 5.41) is 0. The van der Waals surface area contributed by atoms with Gasteiger partial charge in [0, 0.05) is 12.8 Å². The smallest absolute Gasteiger partial charge is 0.159 e. The second-order valence-corrected chi connectivity index (χ2v) is 5.99. The van der Waals surface area contributed by atoms with Crippen LogP contribution in [-0.2, 0) is 4.79 Å². The number of halogens is 2. The summed E-state index contributed by atoms with van der Waals surface area (Å²) < 4.78 is 26.3. The molecule has 1 nitrogen and oxygen atoms in total. The van der Waals surface area contributed by atoms with Crippen LogP contribution in [0, 0.1) is 23.5 Å². The third-order valence-corrected chi connectivity index (χ3v) is 4.84. The lowest BCUT2D eigenvalue weighted by molar-refractivity contribution is -0.123. The zero-order chi connectivity index (χ0) is 13.4. The van der Waals surface area contributed by atoms with E-state index in [2.05, 4.69) is 0 Å². The lowest BCUT2D eigenvalue weighted by Crippen LogP contribution is -2.30. The zero-order valence-corrected chi connectivity index (χ0v) is 10.9. The molecule has 0 spiro atoms. The van der Waals surface area contributed by atoms with E-state index in [-0.39, 0.29) is 0 Å². The van der Waals surface area contributed by atoms with E-state index in [4.69, 9.17) is 0 Å². The average molecular weight is 264 g/mol. The van der Waals surface area contributed by atoms with E-state index in [0.717, 1.165) is 37.7 Å². The molecule has 2 aliphatic carbocycles. The number of fused-ring (bicyclic) bond motifs is 1. The molecule has 2 saturated carbocycles. The molecular weight excluding hydrogens is 246 g/mol. The van der Waals surface area contributed by atoms with Crippen LogP contribution in [0.25, 0.3) is 0 Å². The molecule has 0 aliphatic heterocycles. The minimum Gasteiger partial charge on any atom is -0.300 e. The SMILES string of the molecule is O=C1CCC2CC(c3ccc(F)c(F)c3)CCC2C1. The van der Waals surface area contributed by atoms with Crippen molar-refractivity contribution in [2.24, 2.45) is 11.8 Å². The lowest BCUT2D eigenvalue weighted by atomic mass is 9.66. The summed E-state index contributed by atoms with van der Waals surface area (Å²) in [6.07, 6.45) is 5.45. The molecular formula is C16H18F2O. The molecule has 0 saturated heterocycles. The van der Waals surface area contributed by atoms with Crippen LogP contribution in [0.3, 0.4) is 0 Å². The van der Waals surface area contributed by atoms with Gasteiger partial charge in [-0.1, -0.05) is 6.07 Å². The predicted octanol–water partition coefficient (Wildman–Crippen LogP) is 4.22. The first kappa shape index (κ1) is 12.8. The first-order chi connectivity index (χ1) is 9.13. The molecule has 0 heterocycles. The number of rotatable bonds is 1. The van der Waals surface area contributed by atoms with Gasteiger partial charge in [0.15, 0.2) is 11.6 Å². The van der Waals surface area contributed by atoms with Crippen LogP contribution in [0.15, 0.2) is 18.2 Å². The van der Waals surface area contributed by atoms with Gasteiger partial charge in [-0.15, -0.1) is 0 Å². The molecule has 3 rings (SSSR count). The van der Waals surface area contributed by atoms with Crippen LogP contribution in [0.2, 0.25) is 0 Å². The zero-order valence-electron chi connectivity index (χ0n) is 10.9. The van der Waals surface area contributed by atoms with Crippen molar-refractivity contribution < 1.29 is 13.6 Å². The van der Waals surface area contributed by atoms with E-state index >= 15 is 0 Å². The Morgan fingerprint density at radius 3 is 2.63 bits per heavy atom. The van der Waals surface area contributed by atoms with E-state index in [1.54, 1.807) is 6.07 Å². The quantitative estimate of drug-likeness (QED) is 0.742. The summed E-state index contributed by atoms with van der Waals surface area (Å²) in [5.74, 6) is 0.309. The van der Waals surface area contributed by atoms with Gasteiger partial charge in [0.25, 0.3) is 0 Å². The summed E-state index contributed by atoms with van der Waals surface area (Å²) in [7, 11) is 0. The highest BCUT2D eigenvalue weighted by Gasteiger charge is 2.35. The molecule has 2 aliphatic rings. The van der Waals surface area contributed by atoms with E-state index in [9.17, 15) is 13.6 Å². The van der Waals surface area contributed by atoms with Gasteiger partial charge in [0.2, 0.25) is 0 Å². The van der Waals surface area contributed by atoms with E-state index in [1.807, 2.05) is 0 Å². The highest BCUT2D eigenvalue weighted by atomic mass is 19.2. The van der Waals surface area contributed by atoms with Crippen LogP contribution < -0.4 is 0 Å². The van der Waals surface area contributed by atoms with Crippen molar-refractivity contribution in [2.75, 3.05) is 0 Å². The van der Waals surface area contributed by atoms with E-state index < -0.39 is 11.6 Å². The molecule has 3 atom stereocenters. The minimum absolute atomic E-state index is 0.324. The highest BCUT2D eigenvalue weighted by Crippen LogP contribution is 2.45. The molecule has 102 valence electrons. The average Bonchev–Trinajstić information content (AvgIpc) is 2.41. The van der Waals surface area contributed by atoms with Crippen LogP contribution in [0.1, 0.15) is 50.0 Å². The van der Waals surface area contributed by atoms with Crippen molar-refractivity contribution >= 4 is 5.78 Å². The van der Waals surface area contributed by atoms with Crippen LogP contribution >= 0.6 is 0 Å². The van der Waals surface area contributed by atoms with Crippen molar-refractivity contribution in [3.63, 3.8) is 0 Å². The van der Waals surface area contributed by atoms with Gasteiger partial charge in [-0.3, -0.25) is 4.79 Å². The normalized spacial score (nSPS) is 31.1. The molecule has 19 heavy (non-hydrogen) atoms. The summed E-state index contributed by atoms with van der Waals surface area (Å²) in [5.41, 5.74) is 0.911. The Morgan fingerprint density at radius 2 is 1.84 bits per heavy atom. The van der Waals surface area contributed by atoms with Crippen molar-refractivity contribution in [2.45, 2.75) is 44.4 Å². The van der Waals surface area contributed by atoms with Gasteiger partial charge in [-0.2, -0.15) is 0 Å². The van der Waals surface area contributed by atoms with Gasteiger partial charge in [0.05, 0.1) is 0 Å². The molecule has 0 aromatic heterocycles. The van der Waals surface area contributed by atoms with Gasteiger partial charge >= 0.3 is 0 Å². The molecule has 1 aromatic carbocycles. The monoisotopic (exact) mass is 264 g/mol. The highest BCUT2D eigenvalue weighted by molar-refractivity contribution is 5.79. The number of Topliss-reactive ketones (excluding diaryl/α,β-unsaturated/α-hetero) is 1. The second-order valence-electron chi connectivity index (χ2n) is 5.99. The van der Waals surface area contributed by atoms with Gasteiger partial charge in [0.1, 0.15) is 5.78 Å². The second kappa shape index (κ2) is 5.03. The predicted molar refractivity (Wildman–Crippen MR) is 68.8 cm³/mol. The number of carbonyl (C=O) groups excluding carboxylic acids is 1. The van der Waals surface area contributed by atoms with Gasteiger partial charge in [-0.25, -0.2) is 8.78 Å². The fourth-order valence-corrected chi connectivity index (χ4v) is 3.76. The van der Waals surface area contributed by atoms with Gasteiger partial charge < -0.3 is 0 Å². The molecule has 0 amide bonds. The Bertz CT molecular complexity index is 498. The first-order valence-electron chi connectivity index (χ1n) is 7.10. The van der Waals surface area contributed by atoms with Crippen LogP contribution in [-0.4, -0.2) is 5.78 Å². The molecule has 1 aromatic rings. The Kier molecular flexibility index (Phi) is 3.38. The molecule has 3 unspecified atom stereocenters. The fraction of sp³-hybridized carbons (Fsp3) is 0.562. The topological polar surface area (TPSA) is 17.1 Å². The van der Waals surface area contributed by atoms with Crippen molar-refractivity contribution in [3.05, 3.63) is 35.4 Å². The van der Waals surface area contributed by atoms with Crippen molar-refractivity contribution in [3.8, 4) is 0 Å². The maximum atomic E-state index is 13.3. The number of hydrogen-bond donors (Lipinski definition) is 0. The largest absolute Gasteiger partial charge is 0.300 e. The Labute approximate surface area is 112 Å². The Hall–Kier alpha value is -1.25. The van der Waals surface area contributed by atoms with Crippen LogP contribution in [0.5, 0.6) is 0 Å². The summed E-state index contributed by atoms with van der Waals surface area (Å²) in [4.78, 5) is 11.5. The summed E-state index contributed by atoms with van der Waals surface area (Å²) in [6, 6.07) is 4.27. The van der Waals surface area contributed by atoms with Crippen molar-refractivity contribution in [1.29, 1.82) is 0 Å². The Morgan fingerprint density at radius 1 is 1.00 bits per heavy atom. The molecule has 0 bridgehead atoms. The van der Waals surface area contributed by atoms with E-state index in [0.29, 0.717) is 30.0 Å². The molecule has 3 heteroatoms. The number of ketones is 1. The van der Waals surface area contributed by atoms with Crippen molar-refractivity contribution in [1.82, 2.24) is 0 Å². The summed E-state index contributed by atoms with van der Waals surface area (Å²) in [6.45, 7) is 0. The fourth-order valence-electron chi connectivity index (χ4n) is 3.76. The van der Waals surface area contributed by atoms with Gasteiger partial charge in [-0.05, 0) is 61.1 Å². The number of benzene rings is 1. The maximum absolute atomic E-state index is 13.3. The first-order valence-corrected chi connectivity index (χ1v) is 7.10. The summed E-state index contributed by atoms with van der Waals surface area (Å²) >= 11 is 0. The number of hydrogen-bond acceptors (Lipinski definition) is 1. The number of carbonyl (C=O) groups is 1. The maximum Gasteiger partial charge on any atom is 0.159 e. The molecule has 0 radical (unpaired) electrons. The molecule has 2 fully saturated rings.